The second-order valence-corrected chi connectivity index (χ2v) is 6.70. The van der Waals surface area contributed by atoms with Crippen LogP contribution in [0.1, 0.15) is 12.5 Å². The maximum absolute atomic E-state index is 12.4. The van der Waals surface area contributed by atoms with Gasteiger partial charge in [0.15, 0.2) is 0 Å². The Labute approximate surface area is 148 Å². The number of aryl methyl sites for hydroxylation is 1. The van der Waals surface area contributed by atoms with Crippen molar-refractivity contribution < 1.29 is 4.79 Å². The molecule has 0 aromatic heterocycles. The van der Waals surface area contributed by atoms with E-state index in [0.29, 0.717) is 18.1 Å². The standard InChI is InChI=1S/C19H22ClN3O/c1-14-3-9-18(10-4-14)23-12-11-22(13-15(23)2)19(24)21-17-7-5-16(20)6-8-17/h3-10,15H,11-13H2,1-2H3,(H,21,24)/t15-/m1/s1. The van der Waals surface area contributed by atoms with Gasteiger partial charge in [-0.3, -0.25) is 0 Å². The summed E-state index contributed by atoms with van der Waals surface area (Å²) in [6.45, 7) is 6.48. The number of halogens is 1. The average Bonchev–Trinajstić information content (AvgIpc) is 2.58. The van der Waals surface area contributed by atoms with Gasteiger partial charge < -0.3 is 15.1 Å². The Morgan fingerprint density at radius 3 is 2.38 bits per heavy atom. The Morgan fingerprint density at radius 1 is 1.08 bits per heavy atom. The number of carbonyl (C=O) groups excluding carboxylic acids is 1. The third-order valence-electron chi connectivity index (χ3n) is 4.38. The number of benzene rings is 2. The molecule has 2 aromatic rings. The largest absolute Gasteiger partial charge is 0.365 e. The van der Waals surface area contributed by atoms with Crippen LogP contribution >= 0.6 is 11.6 Å². The molecule has 1 saturated heterocycles. The van der Waals surface area contributed by atoms with Gasteiger partial charge in [-0.1, -0.05) is 29.3 Å². The first-order chi connectivity index (χ1) is 11.5. The second-order valence-electron chi connectivity index (χ2n) is 6.26. The lowest BCUT2D eigenvalue weighted by atomic mass is 10.1. The average molecular weight is 344 g/mol. The fraction of sp³-hybridized carbons (Fsp3) is 0.316. The Kier molecular flexibility index (Phi) is 4.95. The third-order valence-corrected chi connectivity index (χ3v) is 4.63. The van der Waals surface area contributed by atoms with Gasteiger partial charge in [0.05, 0.1) is 0 Å². The highest BCUT2D eigenvalue weighted by molar-refractivity contribution is 6.30. The van der Waals surface area contributed by atoms with Crippen LogP contribution in [0.15, 0.2) is 48.5 Å². The van der Waals surface area contributed by atoms with Crippen LogP contribution in [0.4, 0.5) is 16.2 Å². The van der Waals surface area contributed by atoms with Crippen LogP contribution in [-0.4, -0.2) is 36.6 Å². The molecule has 0 radical (unpaired) electrons. The predicted molar refractivity (Wildman–Crippen MR) is 100 cm³/mol. The van der Waals surface area contributed by atoms with Crippen LogP contribution < -0.4 is 10.2 Å². The minimum Gasteiger partial charge on any atom is -0.365 e. The lowest BCUT2D eigenvalue weighted by molar-refractivity contribution is 0.200. The van der Waals surface area contributed by atoms with Crippen molar-refractivity contribution >= 4 is 29.0 Å². The molecule has 1 fully saturated rings. The molecule has 2 aromatic carbocycles. The van der Waals surface area contributed by atoms with Gasteiger partial charge in [0.2, 0.25) is 0 Å². The Bertz CT molecular complexity index is 700. The van der Waals surface area contributed by atoms with E-state index in [1.165, 1.54) is 11.3 Å². The van der Waals surface area contributed by atoms with Crippen molar-refractivity contribution in [3.05, 3.63) is 59.1 Å². The van der Waals surface area contributed by atoms with E-state index in [0.717, 1.165) is 12.2 Å². The van der Waals surface area contributed by atoms with Crippen LogP contribution in [0.5, 0.6) is 0 Å². The van der Waals surface area contributed by atoms with E-state index < -0.39 is 0 Å². The Balaban J connectivity index is 1.61. The first-order valence-electron chi connectivity index (χ1n) is 8.18. The molecule has 24 heavy (non-hydrogen) atoms. The summed E-state index contributed by atoms with van der Waals surface area (Å²) in [5, 5.41) is 3.59. The maximum Gasteiger partial charge on any atom is 0.321 e. The minimum atomic E-state index is -0.0623. The van der Waals surface area contributed by atoms with Crippen molar-refractivity contribution in [2.24, 2.45) is 0 Å². The van der Waals surface area contributed by atoms with Crippen LogP contribution in [0, 0.1) is 6.92 Å². The van der Waals surface area contributed by atoms with E-state index in [4.69, 9.17) is 11.6 Å². The van der Waals surface area contributed by atoms with E-state index in [2.05, 4.69) is 48.3 Å². The molecule has 5 heteroatoms. The second kappa shape index (κ2) is 7.14. The molecule has 0 bridgehead atoms. The first-order valence-corrected chi connectivity index (χ1v) is 8.55. The van der Waals surface area contributed by atoms with Gasteiger partial charge in [-0.25, -0.2) is 4.79 Å². The van der Waals surface area contributed by atoms with E-state index in [-0.39, 0.29) is 12.1 Å². The fourth-order valence-electron chi connectivity index (χ4n) is 3.00. The lowest BCUT2D eigenvalue weighted by Gasteiger charge is -2.41. The van der Waals surface area contributed by atoms with Crippen molar-refractivity contribution in [1.82, 2.24) is 4.90 Å². The maximum atomic E-state index is 12.4. The highest BCUT2D eigenvalue weighted by atomic mass is 35.5. The van der Waals surface area contributed by atoms with Gasteiger partial charge in [-0.15, -0.1) is 0 Å². The summed E-state index contributed by atoms with van der Waals surface area (Å²) in [5.41, 5.74) is 3.23. The van der Waals surface area contributed by atoms with Gasteiger partial charge >= 0.3 is 6.03 Å². The summed E-state index contributed by atoms with van der Waals surface area (Å²) in [4.78, 5) is 16.7. The predicted octanol–water partition coefficient (Wildman–Crippen LogP) is 4.39. The monoisotopic (exact) mass is 343 g/mol. The van der Waals surface area contributed by atoms with Gasteiger partial charge in [-0.2, -0.15) is 0 Å². The quantitative estimate of drug-likeness (QED) is 0.877. The molecule has 1 N–H and O–H groups in total. The molecule has 4 nitrogen and oxygen atoms in total. The highest BCUT2D eigenvalue weighted by Crippen LogP contribution is 2.22. The number of hydrogen-bond donors (Lipinski definition) is 1. The molecule has 126 valence electrons. The molecule has 3 rings (SSSR count). The summed E-state index contributed by atoms with van der Waals surface area (Å²) in [6.07, 6.45) is 0. The number of rotatable bonds is 2. The normalized spacial score (nSPS) is 17.7. The van der Waals surface area contributed by atoms with E-state index in [1.807, 2.05) is 17.0 Å². The summed E-state index contributed by atoms with van der Waals surface area (Å²) in [7, 11) is 0. The Hall–Kier alpha value is -2.20. The van der Waals surface area contributed by atoms with Crippen molar-refractivity contribution in [2.75, 3.05) is 29.9 Å². The summed E-state index contributed by atoms with van der Waals surface area (Å²) >= 11 is 5.87. The molecule has 0 saturated carbocycles. The zero-order valence-electron chi connectivity index (χ0n) is 14.0. The number of anilines is 2. The number of carbonyl (C=O) groups is 1. The smallest absolute Gasteiger partial charge is 0.321 e. The fourth-order valence-corrected chi connectivity index (χ4v) is 3.12. The number of piperazine rings is 1. The van der Waals surface area contributed by atoms with Crippen molar-refractivity contribution in [3.8, 4) is 0 Å². The summed E-state index contributed by atoms with van der Waals surface area (Å²) in [6, 6.07) is 15.9. The van der Waals surface area contributed by atoms with Crippen LogP contribution in [-0.2, 0) is 0 Å². The van der Waals surface area contributed by atoms with Crippen LogP contribution in [0.25, 0.3) is 0 Å². The highest BCUT2D eigenvalue weighted by Gasteiger charge is 2.26. The van der Waals surface area contributed by atoms with Gasteiger partial charge in [0, 0.05) is 42.1 Å². The number of nitrogens with zero attached hydrogens (tertiary/aromatic N) is 2. The number of urea groups is 1. The molecule has 0 aliphatic carbocycles. The minimum absolute atomic E-state index is 0.0623. The molecule has 0 unspecified atom stereocenters. The zero-order valence-corrected chi connectivity index (χ0v) is 14.8. The number of amides is 2. The molecule has 1 atom stereocenters. The van der Waals surface area contributed by atoms with E-state index >= 15 is 0 Å². The number of hydrogen-bond acceptors (Lipinski definition) is 2. The zero-order chi connectivity index (χ0) is 17.1. The third kappa shape index (κ3) is 3.82. The topological polar surface area (TPSA) is 35.6 Å². The van der Waals surface area contributed by atoms with Crippen molar-refractivity contribution in [1.29, 1.82) is 0 Å². The van der Waals surface area contributed by atoms with Gasteiger partial charge in [0.25, 0.3) is 0 Å². The van der Waals surface area contributed by atoms with E-state index in [9.17, 15) is 4.79 Å². The molecule has 1 aliphatic heterocycles. The molecule has 1 heterocycles. The van der Waals surface area contributed by atoms with Crippen molar-refractivity contribution in [3.63, 3.8) is 0 Å². The van der Waals surface area contributed by atoms with Gasteiger partial charge in [0.1, 0.15) is 0 Å². The molecular weight excluding hydrogens is 322 g/mol. The lowest BCUT2D eigenvalue weighted by Crippen LogP contribution is -2.54. The molecular formula is C19H22ClN3O. The van der Waals surface area contributed by atoms with Crippen LogP contribution in [0.3, 0.4) is 0 Å². The summed E-state index contributed by atoms with van der Waals surface area (Å²) < 4.78 is 0. The Morgan fingerprint density at radius 2 is 1.75 bits per heavy atom. The number of nitrogens with one attached hydrogen (secondary N) is 1. The molecule has 1 aliphatic rings. The van der Waals surface area contributed by atoms with Crippen molar-refractivity contribution in [2.45, 2.75) is 19.9 Å². The van der Waals surface area contributed by atoms with E-state index in [1.54, 1.807) is 12.1 Å². The molecule has 2 amide bonds. The summed E-state index contributed by atoms with van der Waals surface area (Å²) in [5.74, 6) is 0. The first kappa shape index (κ1) is 16.7. The SMILES string of the molecule is Cc1ccc(N2CCN(C(=O)Nc3ccc(Cl)cc3)C[C@H]2C)cc1. The van der Waals surface area contributed by atoms with Gasteiger partial charge in [-0.05, 0) is 50.2 Å². The molecule has 0 spiro atoms. The van der Waals surface area contributed by atoms with Crippen LogP contribution in [0.2, 0.25) is 5.02 Å².